The first-order valence-corrected chi connectivity index (χ1v) is 12.3. The van der Waals surface area contributed by atoms with Crippen molar-refractivity contribution in [1.82, 2.24) is 4.90 Å². The van der Waals surface area contributed by atoms with Crippen LogP contribution < -0.4 is 15.0 Å². The molecular formula is C28H30ClN3O3. The molecule has 4 rings (SSSR count). The summed E-state index contributed by atoms with van der Waals surface area (Å²) >= 11 is 6.57. The van der Waals surface area contributed by atoms with Crippen molar-refractivity contribution < 1.29 is 14.3 Å². The van der Waals surface area contributed by atoms with E-state index in [4.69, 9.17) is 16.3 Å². The summed E-state index contributed by atoms with van der Waals surface area (Å²) in [5.74, 6) is 0.717. The minimum absolute atomic E-state index is 0.0225. The van der Waals surface area contributed by atoms with Crippen LogP contribution in [-0.4, -0.2) is 49.5 Å². The second-order valence-corrected chi connectivity index (χ2v) is 8.94. The summed E-state index contributed by atoms with van der Waals surface area (Å²) in [6.07, 6.45) is 1.26. The number of hydrogen-bond donors (Lipinski definition) is 1. The summed E-state index contributed by atoms with van der Waals surface area (Å²) in [7, 11) is 0. The van der Waals surface area contributed by atoms with Crippen molar-refractivity contribution in [2.75, 3.05) is 43.0 Å². The number of hydrogen-bond acceptors (Lipinski definition) is 4. The van der Waals surface area contributed by atoms with E-state index in [0.717, 1.165) is 23.4 Å². The van der Waals surface area contributed by atoms with Gasteiger partial charge in [0, 0.05) is 37.4 Å². The lowest BCUT2D eigenvalue weighted by atomic mass is 10.1. The lowest BCUT2D eigenvalue weighted by molar-refractivity contribution is -0.115. The van der Waals surface area contributed by atoms with Gasteiger partial charge in [-0.2, -0.15) is 0 Å². The summed E-state index contributed by atoms with van der Waals surface area (Å²) in [6, 6.07) is 22.5. The number of benzene rings is 3. The molecule has 182 valence electrons. The van der Waals surface area contributed by atoms with Crippen molar-refractivity contribution in [1.29, 1.82) is 0 Å². The molecule has 1 aliphatic heterocycles. The topological polar surface area (TPSA) is 61.9 Å². The van der Waals surface area contributed by atoms with Gasteiger partial charge in [-0.25, -0.2) is 0 Å². The molecule has 1 saturated heterocycles. The Kier molecular flexibility index (Phi) is 8.27. The molecule has 0 radical (unpaired) electrons. The highest BCUT2D eigenvalue weighted by Crippen LogP contribution is 2.30. The number of nitrogens with zero attached hydrogens (tertiary/aromatic N) is 2. The molecule has 7 heteroatoms. The highest BCUT2D eigenvalue weighted by Gasteiger charge is 2.23. The highest BCUT2D eigenvalue weighted by molar-refractivity contribution is 6.33. The molecule has 3 aromatic rings. The molecule has 35 heavy (non-hydrogen) atoms. The van der Waals surface area contributed by atoms with E-state index in [9.17, 15) is 9.59 Å². The van der Waals surface area contributed by atoms with Crippen molar-refractivity contribution in [2.45, 2.75) is 19.8 Å². The normalized spacial score (nSPS) is 13.4. The minimum Gasteiger partial charge on any atom is -0.494 e. The van der Waals surface area contributed by atoms with E-state index in [0.29, 0.717) is 55.5 Å². The van der Waals surface area contributed by atoms with Crippen LogP contribution in [-0.2, 0) is 11.2 Å². The molecule has 1 aliphatic rings. The molecule has 0 bridgehead atoms. The number of anilines is 2. The Morgan fingerprint density at radius 2 is 1.66 bits per heavy atom. The molecule has 3 aromatic carbocycles. The average Bonchev–Trinajstić information content (AvgIpc) is 2.88. The van der Waals surface area contributed by atoms with E-state index in [1.807, 2.05) is 71.6 Å². The zero-order valence-electron chi connectivity index (χ0n) is 19.9. The Bertz CT molecular complexity index is 1140. The summed E-state index contributed by atoms with van der Waals surface area (Å²) in [6.45, 7) is 5.31. The standard InChI is InChI=1S/C28H30ClN3O3/c1-2-18-35-24-11-8-22(9-12-24)28(34)32-16-14-31(15-17-32)26-13-10-23(20-25(26)29)30-27(33)19-21-6-4-3-5-7-21/h3-13,20H,2,14-19H2,1H3,(H,30,33). The largest absolute Gasteiger partial charge is 0.494 e. The van der Waals surface area contributed by atoms with Gasteiger partial charge in [-0.3, -0.25) is 9.59 Å². The predicted octanol–water partition coefficient (Wildman–Crippen LogP) is 5.27. The number of piperazine rings is 1. The lowest BCUT2D eigenvalue weighted by Gasteiger charge is -2.36. The second-order valence-electron chi connectivity index (χ2n) is 8.53. The van der Waals surface area contributed by atoms with Gasteiger partial charge in [0.05, 0.1) is 23.7 Å². The first-order valence-electron chi connectivity index (χ1n) is 11.9. The van der Waals surface area contributed by atoms with Crippen LogP contribution in [0.5, 0.6) is 5.75 Å². The van der Waals surface area contributed by atoms with E-state index in [1.54, 1.807) is 6.07 Å². The average molecular weight is 492 g/mol. The number of halogens is 1. The third-order valence-corrected chi connectivity index (χ3v) is 6.22. The van der Waals surface area contributed by atoms with Crippen LogP contribution in [0, 0.1) is 0 Å². The molecule has 0 atom stereocenters. The fraction of sp³-hybridized carbons (Fsp3) is 0.286. The van der Waals surface area contributed by atoms with Gasteiger partial charge < -0.3 is 19.9 Å². The van der Waals surface area contributed by atoms with E-state index in [2.05, 4.69) is 17.1 Å². The molecule has 2 amide bonds. The molecule has 1 heterocycles. The van der Waals surface area contributed by atoms with E-state index in [1.165, 1.54) is 0 Å². The number of rotatable bonds is 8. The van der Waals surface area contributed by atoms with Crippen molar-refractivity contribution >= 4 is 34.8 Å². The number of carbonyl (C=O) groups excluding carboxylic acids is 2. The van der Waals surface area contributed by atoms with Crippen LogP contribution in [0.2, 0.25) is 5.02 Å². The van der Waals surface area contributed by atoms with E-state index in [-0.39, 0.29) is 11.8 Å². The van der Waals surface area contributed by atoms with Crippen LogP contribution in [0.1, 0.15) is 29.3 Å². The molecule has 1 N–H and O–H groups in total. The smallest absolute Gasteiger partial charge is 0.253 e. The molecule has 0 aromatic heterocycles. The van der Waals surface area contributed by atoms with Gasteiger partial charge in [-0.05, 0) is 54.4 Å². The van der Waals surface area contributed by atoms with Crippen molar-refractivity contribution in [3.8, 4) is 5.75 Å². The maximum atomic E-state index is 12.9. The maximum Gasteiger partial charge on any atom is 0.253 e. The first-order chi connectivity index (χ1) is 17.0. The first kappa shape index (κ1) is 24.6. The fourth-order valence-corrected chi connectivity index (χ4v) is 4.37. The number of nitrogens with one attached hydrogen (secondary N) is 1. The molecule has 0 spiro atoms. The van der Waals surface area contributed by atoms with Crippen molar-refractivity contribution in [3.05, 3.63) is 88.9 Å². The summed E-state index contributed by atoms with van der Waals surface area (Å²) in [5, 5.41) is 3.49. The van der Waals surface area contributed by atoms with E-state index < -0.39 is 0 Å². The Labute approximate surface area is 211 Å². The van der Waals surface area contributed by atoms with Crippen LogP contribution in [0.15, 0.2) is 72.8 Å². The summed E-state index contributed by atoms with van der Waals surface area (Å²) in [5.41, 5.74) is 3.19. The Morgan fingerprint density at radius 3 is 2.31 bits per heavy atom. The SMILES string of the molecule is CCCOc1ccc(C(=O)N2CCN(c3ccc(NC(=O)Cc4ccccc4)cc3Cl)CC2)cc1. The lowest BCUT2D eigenvalue weighted by Crippen LogP contribution is -2.48. The molecular weight excluding hydrogens is 462 g/mol. The van der Waals surface area contributed by atoms with E-state index >= 15 is 0 Å². The van der Waals surface area contributed by atoms with Gasteiger partial charge in [0.2, 0.25) is 5.91 Å². The van der Waals surface area contributed by atoms with Gasteiger partial charge in [0.15, 0.2) is 0 Å². The Hall–Kier alpha value is -3.51. The van der Waals surface area contributed by atoms with Gasteiger partial charge in [-0.1, -0.05) is 48.9 Å². The van der Waals surface area contributed by atoms with Gasteiger partial charge in [-0.15, -0.1) is 0 Å². The van der Waals surface area contributed by atoms with Gasteiger partial charge in [0.25, 0.3) is 5.91 Å². The third-order valence-electron chi connectivity index (χ3n) is 5.92. The molecule has 0 saturated carbocycles. The van der Waals surface area contributed by atoms with Gasteiger partial charge >= 0.3 is 0 Å². The molecule has 6 nitrogen and oxygen atoms in total. The monoisotopic (exact) mass is 491 g/mol. The second kappa shape index (κ2) is 11.8. The number of amides is 2. The van der Waals surface area contributed by atoms with Crippen LogP contribution in [0.25, 0.3) is 0 Å². The molecule has 1 fully saturated rings. The third kappa shape index (κ3) is 6.55. The summed E-state index contributed by atoms with van der Waals surface area (Å²) < 4.78 is 5.60. The minimum atomic E-state index is -0.0860. The Balaban J connectivity index is 1.31. The zero-order chi connectivity index (χ0) is 24.6. The highest BCUT2D eigenvalue weighted by atomic mass is 35.5. The van der Waals surface area contributed by atoms with Crippen LogP contribution in [0.4, 0.5) is 11.4 Å². The van der Waals surface area contributed by atoms with Crippen LogP contribution in [0.3, 0.4) is 0 Å². The summed E-state index contributed by atoms with van der Waals surface area (Å²) in [4.78, 5) is 29.3. The Morgan fingerprint density at radius 1 is 0.943 bits per heavy atom. The quantitative estimate of drug-likeness (QED) is 0.466. The number of carbonyl (C=O) groups is 2. The molecule has 0 unspecified atom stereocenters. The maximum absolute atomic E-state index is 12.9. The van der Waals surface area contributed by atoms with Crippen LogP contribution >= 0.6 is 11.6 Å². The van der Waals surface area contributed by atoms with Gasteiger partial charge in [0.1, 0.15) is 5.75 Å². The predicted molar refractivity (Wildman–Crippen MR) is 141 cm³/mol. The molecule has 0 aliphatic carbocycles. The zero-order valence-corrected chi connectivity index (χ0v) is 20.6. The van der Waals surface area contributed by atoms with Crippen molar-refractivity contribution in [3.63, 3.8) is 0 Å². The number of ether oxygens (including phenoxy) is 1. The fourth-order valence-electron chi connectivity index (χ4n) is 4.07. The van der Waals surface area contributed by atoms with Crippen molar-refractivity contribution in [2.24, 2.45) is 0 Å².